The fourth-order valence-electron chi connectivity index (χ4n) is 1.80. The zero-order valence-electron chi connectivity index (χ0n) is 10.2. The van der Waals surface area contributed by atoms with Gasteiger partial charge in [0.2, 0.25) is 0 Å². The normalized spacial score (nSPS) is 12.6. The summed E-state index contributed by atoms with van der Waals surface area (Å²) in [5.41, 5.74) is 2.44. The molecule has 0 fully saturated rings. The molecule has 0 spiro atoms. The summed E-state index contributed by atoms with van der Waals surface area (Å²) in [6, 6.07) is 10.5. The molecule has 17 heavy (non-hydrogen) atoms. The van der Waals surface area contributed by atoms with Crippen molar-refractivity contribution in [2.24, 2.45) is 0 Å². The summed E-state index contributed by atoms with van der Waals surface area (Å²) in [5.74, 6) is 0. The Bertz CT molecular complexity index is 490. The molecule has 0 aliphatic heterocycles. The Morgan fingerprint density at radius 2 is 2.06 bits per heavy atom. The summed E-state index contributed by atoms with van der Waals surface area (Å²) in [5, 5.41) is 4.05. The Kier molecular flexibility index (Phi) is 3.87. The van der Waals surface area contributed by atoms with E-state index in [4.69, 9.17) is 11.6 Å². The van der Waals surface area contributed by atoms with Crippen LogP contribution in [0.2, 0.25) is 5.02 Å². The van der Waals surface area contributed by atoms with Crippen LogP contribution in [0.1, 0.15) is 24.1 Å². The van der Waals surface area contributed by atoms with Crippen LogP contribution in [0.3, 0.4) is 0 Å². The van der Waals surface area contributed by atoms with Crippen molar-refractivity contribution >= 4 is 11.6 Å². The third-order valence-electron chi connectivity index (χ3n) is 3.02. The van der Waals surface area contributed by atoms with E-state index in [-0.39, 0.29) is 0 Å². The molecule has 3 heteroatoms. The second-order valence-electron chi connectivity index (χ2n) is 4.22. The minimum atomic E-state index is 0.377. The van der Waals surface area contributed by atoms with Crippen molar-refractivity contribution in [1.29, 1.82) is 0 Å². The molecule has 2 aromatic rings. The van der Waals surface area contributed by atoms with E-state index in [0.29, 0.717) is 6.04 Å². The molecule has 0 aliphatic carbocycles. The minimum absolute atomic E-state index is 0.377. The van der Waals surface area contributed by atoms with Crippen LogP contribution in [0.4, 0.5) is 0 Å². The van der Waals surface area contributed by atoms with Gasteiger partial charge in [-0.25, -0.2) is 0 Å². The first-order chi connectivity index (χ1) is 8.20. The first kappa shape index (κ1) is 12.2. The molecule has 90 valence electrons. The number of nitrogens with one attached hydrogen (secondary N) is 1. The van der Waals surface area contributed by atoms with Gasteiger partial charge in [-0.1, -0.05) is 29.8 Å². The number of aromatic nitrogens is 1. The Morgan fingerprint density at radius 1 is 1.29 bits per heavy atom. The highest BCUT2D eigenvalue weighted by Crippen LogP contribution is 2.18. The van der Waals surface area contributed by atoms with Crippen molar-refractivity contribution < 1.29 is 0 Å². The fourth-order valence-corrected chi connectivity index (χ4v) is 2.00. The molecule has 1 atom stereocenters. The lowest BCUT2D eigenvalue weighted by Crippen LogP contribution is -2.11. The molecule has 1 aromatic carbocycles. The van der Waals surface area contributed by atoms with Crippen molar-refractivity contribution in [2.45, 2.75) is 19.5 Å². The van der Waals surface area contributed by atoms with E-state index in [9.17, 15) is 0 Å². The van der Waals surface area contributed by atoms with E-state index in [1.807, 2.05) is 25.2 Å². The monoisotopic (exact) mass is 248 g/mol. The molecule has 2 rings (SSSR count). The molecular weight excluding hydrogens is 232 g/mol. The summed E-state index contributed by atoms with van der Waals surface area (Å²) < 4.78 is 2.16. The summed E-state index contributed by atoms with van der Waals surface area (Å²) in [6.07, 6.45) is 4.25. The Labute approximate surface area is 107 Å². The molecular formula is C14H17ClN2. The van der Waals surface area contributed by atoms with Gasteiger partial charge in [0.15, 0.2) is 0 Å². The number of rotatable bonds is 4. The number of benzene rings is 1. The molecule has 0 aliphatic rings. The lowest BCUT2D eigenvalue weighted by atomic mass is 10.2. The van der Waals surface area contributed by atoms with E-state index >= 15 is 0 Å². The lowest BCUT2D eigenvalue weighted by Gasteiger charge is -2.08. The van der Waals surface area contributed by atoms with Gasteiger partial charge < -0.3 is 9.88 Å². The van der Waals surface area contributed by atoms with Gasteiger partial charge in [0.1, 0.15) is 0 Å². The molecule has 1 N–H and O–H groups in total. The van der Waals surface area contributed by atoms with Gasteiger partial charge in [-0.2, -0.15) is 0 Å². The first-order valence-corrected chi connectivity index (χ1v) is 6.15. The van der Waals surface area contributed by atoms with Gasteiger partial charge in [-0.05, 0) is 37.2 Å². The predicted octanol–water partition coefficient (Wildman–Crippen LogP) is 3.47. The fraction of sp³-hybridized carbons (Fsp3) is 0.286. The summed E-state index contributed by atoms with van der Waals surface area (Å²) in [4.78, 5) is 0. The molecule has 0 saturated carbocycles. The molecule has 1 aromatic heterocycles. The third-order valence-corrected chi connectivity index (χ3v) is 3.39. The van der Waals surface area contributed by atoms with Crippen molar-refractivity contribution in [3.05, 3.63) is 58.9 Å². The third kappa shape index (κ3) is 2.90. The van der Waals surface area contributed by atoms with Crippen LogP contribution < -0.4 is 5.32 Å². The van der Waals surface area contributed by atoms with E-state index in [0.717, 1.165) is 17.1 Å². The predicted molar refractivity (Wildman–Crippen MR) is 72.5 cm³/mol. The van der Waals surface area contributed by atoms with E-state index in [1.54, 1.807) is 0 Å². The molecule has 0 saturated heterocycles. The first-order valence-electron chi connectivity index (χ1n) is 5.77. The molecule has 2 nitrogen and oxygen atoms in total. The molecule has 0 radical (unpaired) electrons. The number of hydrogen-bond acceptors (Lipinski definition) is 1. The van der Waals surface area contributed by atoms with Gasteiger partial charge in [-0.15, -0.1) is 0 Å². The average Bonchev–Trinajstić information content (AvgIpc) is 2.80. The van der Waals surface area contributed by atoms with E-state index in [1.165, 1.54) is 5.56 Å². The van der Waals surface area contributed by atoms with Crippen LogP contribution in [0.15, 0.2) is 42.7 Å². The van der Waals surface area contributed by atoms with E-state index in [2.05, 4.69) is 41.3 Å². The largest absolute Gasteiger partial charge is 0.350 e. The van der Waals surface area contributed by atoms with Gasteiger partial charge in [0, 0.05) is 30.0 Å². The number of halogens is 1. The van der Waals surface area contributed by atoms with Gasteiger partial charge in [0.25, 0.3) is 0 Å². The van der Waals surface area contributed by atoms with Gasteiger partial charge in [-0.3, -0.25) is 0 Å². The highest BCUT2D eigenvalue weighted by atomic mass is 35.5. The highest BCUT2D eigenvalue weighted by Gasteiger charge is 2.05. The maximum Gasteiger partial charge on any atom is 0.0485 e. The van der Waals surface area contributed by atoms with Crippen molar-refractivity contribution in [1.82, 2.24) is 9.88 Å². The summed E-state index contributed by atoms with van der Waals surface area (Å²) >= 11 is 6.15. The van der Waals surface area contributed by atoms with Crippen LogP contribution >= 0.6 is 11.6 Å². The van der Waals surface area contributed by atoms with Crippen LogP contribution in [0, 0.1) is 0 Å². The Hall–Kier alpha value is -1.25. The smallest absolute Gasteiger partial charge is 0.0485 e. The molecule has 1 unspecified atom stereocenters. The summed E-state index contributed by atoms with van der Waals surface area (Å²) in [6.45, 7) is 2.96. The SMILES string of the molecule is CNC(C)c1ccn(Cc2ccccc2Cl)c1. The van der Waals surface area contributed by atoms with Crippen LogP contribution in [0.25, 0.3) is 0 Å². The second kappa shape index (κ2) is 5.39. The zero-order chi connectivity index (χ0) is 12.3. The molecule has 0 bridgehead atoms. The quantitative estimate of drug-likeness (QED) is 0.877. The van der Waals surface area contributed by atoms with Crippen molar-refractivity contribution in [3.63, 3.8) is 0 Å². The van der Waals surface area contributed by atoms with Gasteiger partial charge in [0.05, 0.1) is 0 Å². The van der Waals surface area contributed by atoms with Gasteiger partial charge >= 0.3 is 0 Å². The minimum Gasteiger partial charge on any atom is -0.350 e. The molecule has 1 heterocycles. The second-order valence-corrected chi connectivity index (χ2v) is 4.63. The standard InChI is InChI=1S/C14H17ClN2/c1-11(16-2)12-7-8-17(9-12)10-13-5-3-4-6-14(13)15/h3-9,11,16H,10H2,1-2H3. The van der Waals surface area contributed by atoms with Crippen LogP contribution in [0.5, 0.6) is 0 Å². The van der Waals surface area contributed by atoms with Crippen LogP contribution in [-0.4, -0.2) is 11.6 Å². The lowest BCUT2D eigenvalue weighted by molar-refractivity contribution is 0.649. The highest BCUT2D eigenvalue weighted by molar-refractivity contribution is 6.31. The van der Waals surface area contributed by atoms with E-state index < -0.39 is 0 Å². The Balaban J connectivity index is 2.14. The topological polar surface area (TPSA) is 17.0 Å². The van der Waals surface area contributed by atoms with Crippen LogP contribution in [-0.2, 0) is 6.54 Å². The van der Waals surface area contributed by atoms with Crippen molar-refractivity contribution in [2.75, 3.05) is 7.05 Å². The maximum absolute atomic E-state index is 6.15. The number of nitrogens with zero attached hydrogens (tertiary/aromatic N) is 1. The molecule has 0 amide bonds. The van der Waals surface area contributed by atoms with Crippen molar-refractivity contribution in [3.8, 4) is 0 Å². The summed E-state index contributed by atoms with van der Waals surface area (Å²) in [7, 11) is 1.97. The number of hydrogen-bond donors (Lipinski definition) is 1. The Morgan fingerprint density at radius 3 is 2.76 bits per heavy atom. The average molecular weight is 249 g/mol. The maximum atomic E-state index is 6.15. The zero-order valence-corrected chi connectivity index (χ0v) is 10.9.